The highest BCUT2D eigenvalue weighted by Crippen LogP contribution is 2.27. The number of anilines is 1. The summed E-state index contributed by atoms with van der Waals surface area (Å²) in [7, 11) is 0. The fourth-order valence-corrected chi connectivity index (χ4v) is 3.63. The zero-order valence-electron chi connectivity index (χ0n) is 12.9. The normalized spacial score (nSPS) is 17.0. The molecule has 1 aliphatic carbocycles. The number of benzene rings is 1. The molecule has 2 aromatic rings. The maximum Gasteiger partial charge on any atom is 0.226 e. The van der Waals surface area contributed by atoms with E-state index in [0.29, 0.717) is 6.54 Å². The SMILES string of the molecule is NCc1nc(N2CCc3ccccc3C2)nc2c1CCCC2. The van der Waals surface area contributed by atoms with Gasteiger partial charge in [-0.15, -0.1) is 0 Å². The smallest absolute Gasteiger partial charge is 0.226 e. The Morgan fingerprint density at radius 1 is 1.00 bits per heavy atom. The number of fused-ring (bicyclic) bond motifs is 2. The van der Waals surface area contributed by atoms with E-state index in [2.05, 4.69) is 29.2 Å². The van der Waals surface area contributed by atoms with E-state index in [1.807, 2.05) is 0 Å². The van der Waals surface area contributed by atoms with Crippen molar-refractivity contribution in [1.82, 2.24) is 9.97 Å². The number of aryl methyl sites for hydroxylation is 1. The second-order valence-corrected chi connectivity index (χ2v) is 6.25. The van der Waals surface area contributed by atoms with Crippen molar-refractivity contribution in [3.05, 3.63) is 52.3 Å². The second kappa shape index (κ2) is 5.69. The molecule has 0 spiro atoms. The molecule has 4 rings (SSSR count). The predicted octanol–water partition coefficient (Wildman–Crippen LogP) is 2.38. The maximum absolute atomic E-state index is 5.94. The standard InChI is InChI=1S/C18H22N4/c19-11-17-15-7-3-4-8-16(15)20-18(21-17)22-10-9-13-5-1-2-6-14(13)12-22/h1-2,5-6H,3-4,7-12,19H2. The Hall–Kier alpha value is -1.94. The van der Waals surface area contributed by atoms with Crippen LogP contribution in [0.25, 0.3) is 0 Å². The first-order chi connectivity index (χ1) is 10.8. The van der Waals surface area contributed by atoms with Crippen molar-refractivity contribution < 1.29 is 0 Å². The van der Waals surface area contributed by atoms with Gasteiger partial charge < -0.3 is 10.6 Å². The lowest BCUT2D eigenvalue weighted by molar-refractivity contribution is 0.637. The molecule has 2 aliphatic rings. The van der Waals surface area contributed by atoms with Crippen LogP contribution in [0.3, 0.4) is 0 Å². The highest BCUT2D eigenvalue weighted by Gasteiger charge is 2.22. The van der Waals surface area contributed by atoms with Crippen LogP contribution in [0.4, 0.5) is 5.95 Å². The minimum atomic E-state index is 0.516. The number of aromatic nitrogens is 2. The molecule has 0 amide bonds. The molecule has 0 bridgehead atoms. The van der Waals surface area contributed by atoms with E-state index >= 15 is 0 Å². The van der Waals surface area contributed by atoms with Gasteiger partial charge in [-0.2, -0.15) is 0 Å². The van der Waals surface area contributed by atoms with Crippen LogP contribution >= 0.6 is 0 Å². The summed E-state index contributed by atoms with van der Waals surface area (Å²) in [6, 6.07) is 8.67. The Balaban J connectivity index is 1.69. The molecule has 0 unspecified atom stereocenters. The molecule has 0 saturated heterocycles. The van der Waals surface area contributed by atoms with Crippen molar-refractivity contribution in [1.29, 1.82) is 0 Å². The van der Waals surface area contributed by atoms with Gasteiger partial charge >= 0.3 is 0 Å². The highest BCUT2D eigenvalue weighted by atomic mass is 15.3. The lowest BCUT2D eigenvalue weighted by atomic mass is 9.94. The summed E-state index contributed by atoms with van der Waals surface area (Å²) in [5, 5.41) is 0. The van der Waals surface area contributed by atoms with E-state index < -0.39 is 0 Å². The third-order valence-corrected chi connectivity index (χ3v) is 4.86. The van der Waals surface area contributed by atoms with Crippen LogP contribution in [0.1, 0.15) is 40.9 Å². The van der Waals surface area contributed by atoms with Crippen LogP contribution in [0.2, 0.25) is 0 Å². The molecule has 4 nitrogen and oxygen atoms in total. The van der Waals surface area contributed by atoms with Crippen LogP contribution < -0.4 is 10.6 Å². The third kappa shape index (κ3) is 2.37. The van der Waals surface area contributed by atoms with Gasteiger partial charge in [-0.05, 0) is 48.8 Å². The van der Waals surface area contributed by atoms with E-state index in [-0.39, 0.29) is 0 Å². The van der Waals surface area contributed by atoms with Gasteiger partial charge in [0.15, 0.2) is 0 Å². The van der Waals surface area contributed by atoms with Gasteiger partial charge in [-0.1, -0.05) is 24.3 Å². The van der Waals surface area contributed by atoms with Gasteiger partial charge in [-0.3, -0.25) is 0 Å². The van der Waals surface area contributed by atoms with Crippen LogP contribution in [-0.4, -0.2) is 16.5 Å². The summed E-state index contributed by atoms with van der Waals surface area (Å²) in [4.78, 5) is 12.0. The predicted molar refractivity (Wildman–Crippen MR) is 87.8 cm³/mol. The minimum Gasteiger partial charge on any atom is -0.336 e. The van der Waals surface area contributed by atoms with Gasteiger partial charge in [0.2, 0.25) is 5.95 Å². The summed E-state index contributed by atoms with van der Waals surface area (Å²) >= 11 is 0. The first kappa shape index (κ1) is 13.7. The second-order valence-electron chi connectivity index (χ2n) is 6.25. The average Bonchev–Trinajstić information content (AvgIpc) is 2.60. The monoisotopic (exact) mass is 294 g/mol. The quantitative estimate of drug-likeness (QED) is 0.924. The Morgan fingerprint density at radius 3 is 2.68 bits per heavy atom. The molecule has 1 aromatic carbocycles. The van der Waals surface area contributed by atoms with Crippen molar-refractivity contribution in [2.75, 3.05) is 11.4 Å². The molecular formula is C18H22N4. The Bertz CT molecular complexity index is 678. The van der Waals surface area contributed by atoms with Crippen molar-refractivity contribution in [3.63, 3.8) is 0 Å². The number of nitrogens with zero attached hydrogens (tertiary/aromatic N) is 3. The molecule has 1 aromatic heterocycles. The fourth-order valence-electron chi connectivity index (χ4n) is 3.63. The first-order valence-corrected chi connectivity index (χ1v) is 8.25. The van der Waals surface area contributed by atoms with Gasteiger partial charge in [0.25, 0.3) is 0 Å². The molecule has 0 radical (unpaired) electrons. The summed E-state index contributed by atoms with van der Waals surface area (Å²) < 4.78 is 0. The topological polar surface area (TPSA) is 55.0 Å². The van der Waals surface area contributed by atoms with E-state index in [1.54, 1.807) is 0 Å². The molecule has 0 atom stereocenters. The van der Waals surface area contributed by atoms with Crippen LogP contribution in [-0.2, 0) is 32.4 Å². The molecule has 0 saturated carbocycles. The maximum atomic E-state index is 5.94. The zero-order chi connectivity index (χ0) is 14.9. The summed E-state index contributed by atoms with van der Waals surface area (Å²) in [6.07, 6.45) is 5.69. The van der Waals surface area contributed by atoms with Crippen molar-refractivity contribution in [2.24, 2.45) is 5.73 Å². The lowest BCUT2D eigenvalue weighted by Gasteiger charge is -2.30. The van der Waals surface area contributed by atoms with Gasteiger partial charge in [0.05, 0.1) is 5.69 Å². The van der Waals surface area contributed by atoms with Crippen LogP contribution in [0.15, 0.2) is 24.3 Å². The van der Waals surface area contributed by atoms with E-state index in [9.17, 15) is 0 Å². The molecule has 2 N–H and O–H groups in total. The zero-order valence-corrected chi connectivity index (χ0v) is 12.9. The largest absolute Gasteiger partial charge is 0.336 e. The number of rotatable bonds is 2. The molecule has 4 heteroatoms. The highest BCUT2D eigenvalue weighted by molar-refractivity contribution is 5.43. The molecular weight excluding hydrogens is 272 g/mol. The molecule has 114 valence electrons. The Labute approximate surface area is 131 Å². The van der Waals surface area contributed by atoms with Crippen molar-refractivity contribution in [2.45, 2.75) is 45.2 Å². The number of hydrogen-bond acceptors (Lipinski definition) is 4. The van der Waals surface area contributed by atoms with Crippen LogP contribution in [0, 0.1) is 0 Å². The van der Waals surface area contributed by atoms with Crippen LogP contribution in [0.5, 0.6) is 0 Å². The molecule has 22 heavy (non-hydrogen) atoms. The minimum absolute atomic E-state index is 0.516. The van der Waals surface area contributed by atoms with E-state index in [1.165, 1.54) is 35.2 Å². The molecule has 1 aliphatic heterocycles. The molecule has 0 fully saturated rings. The van der Waals surface area contributed by atoms with Gasteiger partial charge in [-0.25, -0.2) is 9.97 Å². The van der Waals surface area contributed by atoms with E-state index in [0.717, 1.165) is 44.0 Å². The average molecular weight is 294 g/mol. The fraction of sp³-hybridized carbons (Fsp3) is 0.444. The summed E-state index contributed by atoms with van der Waals surface area (Å²) in [5.74, 6) is 0.871. The molecule has 2 heterocycles. The third-order valence-electron chi connectivity index (χ3n) is 4.86. The van der Waals surface area contributed by atoms with Crippen molar-refractivity contribution in [3.8, 4) is 0 Å². The number of hydrogen-bond donors (Lipinski definition) is 1. The lowest BCUT2D eigenvalue weighted by Crippen LogP contribution is -2.32. The number of nitrogens with two attached hydrogens (primary N) is 1. The Kier molecular flexibility index (Phi) is 3.54. The van der Waals surface area contributed by atoms with Gasteiger partial charge in [0.1, 0.15) is 0 Å². The van der Waals surface area contributed by atoms with E-state index in [4.69, 9.17) is 15.7 Å². The Morgan fingerprint density at radius 2 is 1.82 bits per heavy atom. The first-order valence-electron chi connectivity index (χ1n) is 8.25. The summed E-state index contributed by atoms with van der Waals surface area (Å²) in [5.41, 5.74) is 12.4. The summed E-state index contributed by atoms with van der Waals surface area (Å²) in [6.45, 7) is 2.40. The van der Waals surface area contributed by atoms with Crippen molar-refractivity contribution >= 4 is 5.95 Å². The van der Waals surface area contributed by atoms with Gasteiger partial charge in [0, 0.05) is 25.3 Å².